The van der Waals surface area contributed by atoms with Crippen molar-refractivity contribution >= 4 is 5.97 Å². The van der Waals surface area contributed by atoms with Crippen molar-refractivity contribution < 1.29 is 19.4 Å². The van der Waals surface area contributed by atoms with Crippen molar-refractivity contribution in [3.8, 4) is 0 Å². The average molecular weight is 253 g/mol. The molecule has 0 aromatic carbocycles. The number of likely N-dealkylation sites (tertiary alicyclic amines) is 1. The SMILES string of the molecule is Cc1oc(CN2CCCC2CCO)cc1C(=O)O. The van der Waals surface area contributed by atoms with E-state index in [-0.39, 0.29) is 12.2 Å². The minimum Gasteiger partial charge on any atom is -0.478 e. The number of carboxylic acids is 1. The van der Waals surface area contributed by atoms with Gasteiger partial charge in [-0.1, -0.05) is 0 Å². The number of rotatable bonds is 5. The third-order valence-corrected chi connectivity index (χ3v) is 3.52. The maximum absolute atomic E-state index is 10.9. The predicted molar refractivity (Wildman–Crippen MR) is 65.5 cm³/mol. The number of aliphatic hydroxyl groups is 1. The number of aromatic carboxylic acids is 1. The Morgan fingerprint density at radius 3 is 3.00 bits per heavy atom. The first-order valence-electron chi connectivity index (χ1n) is 6.29. The van der Waals surface area contributed by atoms with Crippen molar-refractivity contribution in [2.75, 3.05) is 13.2 Å². The van der Waals surface area contributed by atoms with E-state index in [9.17, 15) is 4.79 Å². The Morgan fingerprint density at radius 1 is 1.61 bits per heavy atom. The third-order valence-electron chi connectivity index (χ3n) is 3.52. The summed E-state index contributed by atoms with van der Waals surface area (Å²) in [6.07, 6.45) is 2.98. The fourth-order valence-electron chi connectivity index (χ4n) is 2.61. The highest BCUT2D eigenvalue weighted by atomic mass is 16.4. The molecule has 1 saturated heterocycles. The van der Waals surface area contributed by atoms with E-state index in [1.807, 2.05) is 0 Å². The highest BCUT2D eigenvalue weighted by molar-refractivity contribution is 5.88. The van der Waals surface area contributed by atoms with E-state index >= 15 is 0 Å². The summed E-state index contributed by atoms with van der Waals surface area (Å²) in [5.41, 5.74) is 0.239. The summed E-state index contributed by atoms with van der Waals surface area (Å²) in [7, 11) is 0. The number of carboxylic acid groups (broad SMARTS) is 1. The highest BCUT2D eigenvalue weighted by Crippen LogP contribution is 2.24. The maximum atomic E-state index is 10.9. The zero-order valence-corrected chi connectivity index (χ0v) is 10.6. The van der Waals surface area contributed by atoms with Gasteiger partial charge in [-0.25, -0.2) is 4.79 Å². The Kier molecular flexibility index (Phi) is 4.04. The molecule has 100 valence electrons. The molecule has 0 bridgehead atoms. The van der Waals surface area contributed by atoms with E-state index in [2.05, 4.69) is 4.90 Å². The van der Waals surface area contributed by atoms with Gasteiger partial charge in [0.25, 0.3) is 0 Å². The molecule has 1 aliphatic heterocycles. The summed E-state index contributed by atoms with van der Waals surface area (Å²) in [4.78, 5) is 13.2. The normalized spacial score (nSPS) is 20.4. The largest absolute Gasteiger partial charge is 0.478 e. The second-order valence-electron chi connectivity index (χ2n) is 4.77. The predicted octanol–water partition coefficient (Wildman–Crippen LogP) is 1.63. The molecule has 0 spiro atoms. The van der Waals surface area contributed by atoms with Crippen LogP contribution in [0.1, 0.15) is 41.1 Å². The van der Waals surface area contributed by atoms with Gasteiger partial charge in [-0.05, 0) is 38.8 Å². The van der Waals surface area contributed by atoms with Crippen LogP contribution in [0.15, 0.2) is 10.5 Å². The van der Waals surface area contributed by atoms with Gasteiger partial charge in [0.1, 0.15) is 17.1 Å². The molecular weight excluding hydrogens is 234 g/mol. The molecule has 18 heavy (non-hydrogen) atoms. The van der Waals surface area contributed by atoms with Crippen LogP contribution in [-0.2, 0) is 6.54 Å². The van der Waals surface area contributed by atoms with Gasteiger partial charge in [0.2, 0.25) is 0 Å². The molecular formula is C13H19NO4. The molecule has 1 atom stereocenters. The summed E-state index contributed by atoms with van der Waals surface area (Å²) in [5.74, 6) is 0.195. The second kappa shape index (κ2) is 5.54. The summed E-state index contributed by atoms with van der Waals surface area (Å²) in [6.45, 7) is 3.46. The monoisotopic (exact) mass is 253 g/mol. The minimum atomic E-state index is -0.948. The molecule has 0 radical (unpaired) electrons. The average Bonchev–Trinajstić information content (AvgIpc) is 2.87. The van der Waals surface area contributed by atoms with Gasteiger partial charge in [-0.2, -0.15) is 0 Å². The van der Waals surface area contributed by atoms with E-state index in [1.165, 1.54) is 0 Å². The number of hydrogen-bond acceptors (Lipinski definition) is 4. The number of hydrogen-bond donors (Lipinski definition) is 2. The molecule has 2 rings (SSSR count). The highest BCUT2D eigenvalue weighted by Gasteiger charge is 2.25. The lowest BCUT2D eigenvalue weighted by Gasteiger charge is -2.22. The zero-order valence-electron chi connectivity index (χ0n) is 10.6. The lowest BCUT2D eigenvalue weighted by molar-refractivity contribution is 0.0695. The molecule has 0 aliphatic carbocycles. The number of carbonyl (C=O) groups is 1. The fraction of sp³-hybridized carbons (Fsp3) is 0.615. The molecule has 1 aliphatic rings. The first-order chi connectivity index (χ1) is 8.61. The Hall–Kier alpha value is -1.33. The molecule has 5 nitrogen and oxygen atoms in total. The van der Waals surface area contributed by atoms with Crippen LogP contribution in [0.25, 0.3) is 0 Å². The van der Waals surface area contributed by atoms with Crippen molar-refractivity contribution in [3.63, 3.8) is 0 Å². The summed E-state index contributed by atoms with van der Waals surface area (Å²) in [6, 6.07) is 1.99. The van der Waals surface area contributed by atoms with Crippen LogP contribution >= 0.6 is 0 Å². The first kappa shape index (κ1) is 13.1. The van der Waals surface area contributed by atoms with Gasteiger partial charge in [0.05, 0.1) is 6.54 Å². The van der Waals surface area contributed by atoms with Crippen molar-refractivity contribution in [1.82, 2.24) is 4.90 Å². The van der Waals surface area contributed by atoms with Crippen LogP contribution < -0.4 is 0 Å². The molecule has 2 heterocycles. The maximum Gasteiger partial charge on any atom is 0.339 e. The van der Waals surface area contributed by atoms with E-state index in [0.29, 0.717) is 24.1 Å². The molecule has 2 N–H and O–H groups in total. The topological polar surface area (TPSA) is 73.9 Å². The Bertz CT molecular complexity index is 427. The summed E-state index contributed by atoms with van der Waals surface area (Å²) >= 11 is 0. The van der Waals surface area contributed by atoms with Gasteiger partial charge in [-0.15, -0.1) is 0 Å². The van der Waals surface area contributed by atoms with Crippen LogP contribution in [0.2, 0.25) is 0 Å². The Morgan fingerprint density at radius 2 is 2.39 bits per heavy atom. The van der Waals surface area contributed by atoms with E-state index in [4.69, 9.17) is 14.6 Å². The van der Waals surface area contributed by atoms with Crippen molar-refractivity contribution in [2.45, 2.75) is 38.8 Å². The van der Waals surface area contributed by atoms with Gasteiger partial charge >= 0.3 is 5.97 Å². The van der Waals surface area contributed by atoms with Gasteiger partial charge < -0.3 is 14.6 Å². The summed E-state index contributed by atoms with van der Waals surface area (Å²) < 4.78 is 5.48. The Balaban J connectivity index is 2.04. The molecule has 0 amide bonds. The van der Waals surface area contributed by atoms with Crippen LogP contribution in [0, 0.1) is 6.92 Å². The molecule has 1 unspecified atom stereocenters. The van der Waals surface area contributed by atoms with Crippen molar-refractivity contribution in [3.05, 3.63) is 23.2 Å². The molecule has 0 saturated carbocycles. The summed E-state index contributed by atoms with van der Waals surface area (Å²) in [5, 5.41) is 18.0. The Labute approximate surface area is 106 Å². The van der Waals surface area contributed by atoms with E-state index in [1.54, 1.807) is 13.0 Å². The number of aryl methyl sites for hydroxylation is 1. The van der Waals surface area contributed by atoms with Crippen LogP contribution in [-0.4, -0.2) is 40.3 Å². The smallest absolute Gasteiger partial charge is 0.339 e. The molecule has 1 aromatic heterocycles. The number of furan rings is 1. The molecule has 1 fully saturated rings. The number of aliphatic hydroxyl groups excluding tert-OH is 1. The van der Waals surface area contributed by atoms with E-state index in [0.717, 1.165) is 25.8 Å². The van der Waals surface area contributed by atoms with Crippen molar-refractivity contribution in [1.29, 1.82) is 0 Å². The molecule has 5 heteroatoms. The standard InChI is InChI=1S/C13H19NO4/c1-9-12(13(16)17)7-11(18-9)8-14-5-2-3-10(14)4-6-15/h7,10,15H,2-6,8H2,1H3,(H,16,17). The number of nitrogens with zero attached hydrogens (tertiary/aromatic N) is 1. The fourth-order valence-corrected chi connectivity index (χ4v) is 2.61. The second-order valence-corrected chi connectivity index (χ2v) is 4.77. The van der Waals surface area contributed by atoms with Gasteiger partial charge in [0, 0.05) is 12.6 Å². The lowest BCUT2D eigenvalue weighted by Crippen LogP contribution is -2.29. The van der Waals surface area contributed by atoms with E-state index < -0.39 is 5.97 Å². The van der Waals surface area contributed by atoms with Crippen molar-refractivity contribution in [2.24, 2.45) is 0 Å². The lowest BCUT2D eigenvalue weighted by atomic mass is 10.1. The third kappa shape index (κ3) is 2.73. The van der Waals surface area contributed by atoms with Gasteiger partial charge in [0.15, 0.2) is 0 Å². The van der Waals surface area contributed by atoms with Crippen LogP contribution in [0.3, 0.4) is 0 Å². The van der Waals surface area contributed by atoms with Crippen LogP contribution in [0.5, 0.6) is 0 Å². The zero-order chi connectivity index (χ0) is 13.1. The first-order valence-corrected chi connectivity index (χ1v) is 6.29. The van der Waals surface area contributed by atoms with Crippen LogP contribution in [0.4, 0.5) is 0 Å². The molecule has 1 aromatic rings. The quantitative estimate of drug-likeness (QED) is 0.834. The minimum absolute atomic E-state index is 0.193. The van der Waals surface area contributed by atoms with Gasteiger partial charge in [-0.3, -0.25) is 4.90 Å².